The number of nitrogens with one attached hydrogen (secondary N) is 2. The van der Waals surface area contributed by atoms with Crippen LogP contribution < -0.4 is 15.4 Å². The summed E-state index contributed by atoms with van der Waals surface area (Å²) in [4.78, 5) is 12.2. The minimum Gasteiger partial charge on any atom is -0.467 e. The molecule has 1 heterocycles. The Morgan fingerprint density at radius 2 is 1.63 bits per heavy atom. The molecule has 2 aromatic rings. The smallest absolute Gasteiger partial charge is 0.322 e. The zero-order valence-electron chi connectivity index (χ0n) is 10.2. The summed E-state index contributed by atoms with van der Waals surface area (Å²) in [5.41, 5.74) is 0.674. The van der Waals surface area contributed by atoms with Crippen LogP contribution in [0.2, 0.25) is 10.0 Å². The molecule has 0 saturated carbocycles. The highest BCUT2D eigenvalue weighted by atomic mass is 35.5. The van der Waals surface area contributed by atoms with Gasteiger partial charge < -0.3 is 15.4 Å². The van der Waals surface area contributed by atoms with Gasteiger partial charge in [-0.15, -0.1) is 0 Å². The molecule has 19 heavy (non-hydrogen) atoms. The van der Waals surface area contributed by atoms with Crippen molar-refractivity contribution in [3.8, 4) is 6.01 Å². The first-order valence-electron chi connectivity index (χ1n) is 5.31. The number of ether oxygens (including phenoxy) is 1. The largest absolute Gasteiger partial charge is 0.467 e. The SMILES string of the molecule is CNc1nc(Nc2cc(Cl)cc(Cl)c2)nc(OC)n1. The van der Waals surface area contributed by atoms with Gasteiger partial charge in [-0.05, 0) is 18.2 Å². The fraction of sp³-hybridized carbons (Fsp3) is 0.182. The molecule has 0 fully saturated rings. The van der Waals surface area contributed by atoms with Crippen LogP contribution in [0.3, 0.4) is 0 Å². The highest BCUT2D eigenvalue weighted by Crippen LogP contribution is 2.24. The van der Waals surface area contributed by atoms with Gasteiger partial charge in [-0.1, -0.05) is 23.2 Å². The molecular weight excluding hydrogens is 289 g/mol. The van der Waals surface area contributed by atoms with Gasteiger partial charge in [-0.25, -0.2) is 0 Å². The summed E-state index contributed by atoms with van der Waals surface area (Å²) in [6, 6.07) is 5.27. The summed E-state index contributed by atoms with van der Waals surface area (Å²) in [5, 5.41) is 6.84. The lowest BCUT2D eigenvalue weighted by Crippen LogP contribution is -2.05. The number of rotatable bonds is 4. The van der Waals surface area contributed by atoms with Crippen LogP contribution in [0.5, 0.6) is 6.01 Å². The van der Waals surface area contributed by atoms with Crippen LogP contribution in [0.4, 0.5) is 17.6 Å². The van der Waals surface area contributed by atoms with E-state index in [9.17, 15) is 0 Å². The maximum Gasteiger partial charge on any atom is 0.322 e. The average molecular weight is 300 g/mol. The fourth-order valence-corrected chi connectivity index (χ4v) is 1.90. The van der Waals surface area contributed by atoms with Gasteiger partial charge in [0.15, 0.2) is 0 Å². The molecule has 0 spiro atoms. The van der Waals surface area contributed by atoms with Crippen LogP contribution in [-0.2, 0) is 0 Å². The Bertz CT molecular complexity index is 551. The summed E-state index contributed by atoms with van der Waals surface area (Å²) >= 11 is 11.8. The second kappa shape index (κ2) is 5.90. The number of anilines is 3. The van der Waals surface area contributed by atoms with Crippen molar-refractivity contribution in [2.75, 3.05) is 24.8 Å². The molecule has 0 bridgehead atoms. The highest BCUT2D eigenvalue weighted by Gasteiger charge is 2.07. The maximum absolute atomic E-state index is 5.92. The molecular formula is C11H11Cl2N5O. The van der Waals surface area contributed by atoms with Crippen molar-refractivity contribution in [2.24, 2.45) is 0 Å². The molecule has 100 valence electrons. The van der Waals surface area contributed by atoms with Gasteiger partial charge in [0.1, 0.15) is 0 Å². The Morgan fingerprint density at radius 1 is 1.00 bits per heavy atom. The third-order valence-corrected chi connectivity index (χ3v) is 2.58. The van der Waals surface area contributed by atoms with Gasteiger partial charge in [0.2, 0.25) is 11.9 Å². The Balaban J connectivity index is 2.31. The van der Waals surface area contributed by atoms with Gasteiger partial charge in [-0.2, -0.15) is 15.0 Å². The minimum absolute atomic E-state index is 0.204. The Hall–Kier alpha value is -1.79. The molecule has 2 rings (SSSR count). The van der Waals surface area contributed by atoms with Gasteiger partial charge in [0.05, 0.1) is 7.11 Å². The first kappa shape index (κ1) is 13.6. The highest BCUT2D eigenvalue weighted by molar-refractivity contribution is 6.35. The molecule has 6 nitrogen and oxygen atoms in total. The maximum atomic E-state index is 5.92. The summed E-state index contributed by atoms with van der Waals surface area (Å²) in [6.45, 7) is 0. The normalized spacial score (nSPS) is 10.1. The van der Waals surface area contributed by atoms with Crippen molar-refractivity contribution >= 4 is 40.8 Å². The van der Waals surface area contributed by atoms with E-state index in [1.807, 2.05) is 0 Å². The van der Waals surface area contributed by atoms with E-state index in [4.69, 9.17) is 27.9 Å². The summed E-state index contributed by atoms with van der Waals surface area (Å²) < 4.78 is 4.99. The predicted molar refractivity (Wildman–Crippen MR) is 75.7 cm³/mol. The molecule has 0 unspecified atom stereocenters. The zero-order chi connectivity index (χ0) is 13.8. The number of hydrogen-bond donors (Lipinski definition) is 2. The molecule has 0 aliphatic carbocycles. The second-order valence-corrected chi connectivity index (χ2v) is 4.38. The van der Waals surface area contributed by atoms with Crippen molar-refractivity contribution < 1.29 is 4.74 Å². The number of aromatic nitrogens is 3. The van der Waals surface area contributed by atoms with E-state index >= 15 is 0 Å². The molecule has 0 radical (unpaired) electrons. The van der Waals surface area contributed by atoms with Crippen LogP contribution in [0.25, 0.3) is 0 Å². The summed E-state index contributed by atoms with van der Waals surface area (Å²) in [5.74, 6) is 0.719. The van der Waals surface area contributed by atoms with Crippen LogP contribution in [0, 0.1) is 0 Å². The molecule has 0 atom stereocenters. The number of methoxy groups -OCH3 is 1. The van der Waals surface area contributed by atoms with Crippen molar-refractivity contribution in [1.82, 2.24) is 15.0 Å². The molecule has 1 aromatic carbocycles. The Labute approximate surface area is 120 Å². The third-order valence-electron chi connectivity index (χ3n) is 2.14. The fourth-order valence-electron chi connectivity index (χ4n) is 1.37. The van der Waals surface area contributed by atoms with Gasteiger partial charge in [0, 0.05) is 22.8 Å². The van der Waals surface area contributed by atoms with Crippen LogP contribution in [-0.4, -0.2) is 29.1 Å². The lowest BCUT2D eigenvalue weighted by Gasteiger charge is -2.08. The van der Waals surface area contributed by atoms with Gasteiger partial charge >= 0.3 is 6.01 Å². The van der Waals surface area contributed by atoms with Crippen LogP contribution in [0.15, 0.2) is 18.2 Å². The molecule has 0 amide bonds. The van der Waals surface area contributed by atoms with Crippen molar-refractivity contribution in [3.63, 3.8) is 0 Å². The van der Waals surface area contributed by atoms with E-state index in [1.165, 1.54) is 7.11 Å². The number of hydrogen-bond acceptors (Lipinski definition) is 6. The molecule has 1 aromatic heterocycles. The topological polar surface area (TPSA) is 72.0 Å². The molecule has 0 saturated heterocycles. The Kier molecular flexibility index (Phi) is 4.24. The van der Waals surface area contributed by atoms with E-state index in [-0.39, 0.29) is 6.01 Å². The number of nitrogens with zero attached hydrogens (tertiary/aromatic N) is 3. The van der Waals surface area contributed by atoms with E-state index in [2.05, 4.69) is 25.6 Å². The Morgan fingerprint density at radius 3 is 2.21 bits per heavy atom. The van der Waals surface area contributed by atoms with E-state index in [0.717, 1.165) is 0 Å². The summed E-state index contributed by atoms with van der Waals surface area (Å²) in [7, 11) is 3.18. The molecule has 0 aliphatic rings. The van der Waals surface area contributed by atoms with E-state index < -0.39 is 0 Å². The van der Waals surface area contributed by atoms with Crippen LogP contribution >= 0.6 is 23.2 Å². The van der Waals surface area contributed by atoms with Crippen molar-refractivity contribution in [1.29, 1.82) is 0 Å². The molecule has 2 N–H and O–H groups in total. The van der Waals surface area contributed by atoms with E-state index in [1.54, 1.807) is 25.2 Å². The third kappa shape index (κ3) is 3.59. The van der Waals surface area contributed by atoms with Crippen molar-refractivity contribution in [3.05, 3.63) is 28.2 Å². The van der Waals surface area contributed by atoms with Crippen LogP contribution in [0.1, 0.15) is 0 Å². The average Bonchev–Trinajstić information content (AvgIpc) is 2.37. The zero-order valence-corrected chi connectivity index (χ0v) is 11.7. The van der Waals surface area contributed by atoms with Crippen molar-refractivity contribution in [2.45, 2.75) is 0 Å². The standard InChI is InChI=1S/C11H11Cl2N5O/c1-14-9-16-10(18-11(17-9)19-2)15-8-4-6(12)3-7(13)5-8/h3-5H,1-2H3,(H2,14,15,16,17,18). The predicted octanol–water partition coefficient (Wildman–Crippen LogP) is 2.97. The number of halogens is 2. The minimum atomic E-state index is 0.204. The quantitative estimate of drug-likeness (QED) is 0.904. The molecule has 8 heteroatoms. The number of benzene rings is 1. The molecule has 0 aliphatic heterocycles. The monoisotopic (exact) mass is 299 g/mol. The summed E-state index contributed by atoms with van der Waals surface area (Å²) in [6.07, 6.45) is 0. The first-order valence-corrected chi connectivity index (χ1v) is 6.07. The lowest BCUT2D eigenvalue weighted by molar-refractivity contribution is 0.379. The van der Waals surface area contributed by atoms with E-state index in [0.29, 0.717) is 27.6 Å². The first-order chi connectivity index (χ1) is 9.10. The lowest BCUT2D eigenvalue weighted by atomic mass is 10.3. The second-order valence-electron chi connectivity index (χ2n) is 3.50. The van der Waals surface area contributed by atoms with Gasteiger partial charge in [-0.3, -0.25) is 0 Å². The van der Waals surface area contributed by atoms with Gasteiger partial charge in [0.25, 0.3) is 0 Å².